The molecule has 1 aliphatic heterocycles. The van der Waals surface area contributed by atoms with Crippen molar-refractivity contribution in [3.63, 3.8) is 0 Å². The van der Waals surface area contributed by atoms with E-state index in [4.69, 9.17) is 13.8 Å². The van der Waals surface area contributed by atoms with Crippen molar-refractivity contribution in [2.75, 3.05) is 39.1 Å². The van der Waals surface area contributed by atoms with Crippen LogP contribution in [0.5, 0.6) is 0 Å². The van der Waals surface area contributed by atoms with Gasteiger partial charge >= 0.3 is 7.60 Å². The predicted molar refractivity (Wildman–Crippen MR) is 69.0 cm³/mol. The van der Waals surface area contributed by atoms with Crippen molar-refractivity contribution in [1.29, 1.82) is 0 Å². The molecule has 0 aromatic rings. The third kappa shape index (κ3) is 5.34. The molecular weight excluding hydrogens is 257 g/mol. The highest BCUT2D eigenvalue weighted by Crippen LogP contribution is 2.48. The molecule has 1 heterocycles. The maximum absolute atomic E-state index is 12.1. The molecule has 0 radical (unpaired) electrons. The quantitative estimate of drug-likeness (QED) is 0.485. The van der Waals surface area contributed by atoms with Gasteiger partial charge in [0.1, 0.15) is 0 Å². The highest BCUT2D eigenvalue weighted by Gasteiger charge is 2.26. The zero-order chi connectivity index (χ0) is 13.4. The van der Waals surface area contributed by atoms with Crippen LogP contribution in [0.3, 0.4) is 0 Å². The van der Waals surface area contributed by atoms with Crippen molar-refractivity contribution in [3.8, 4) is 0 Å². The number of aliphatic hydroxyl groups excluding tert-OH is 1. The van der Waals surface area contributed by atoms with Gasteiger partial charge in [-0.15, -0.1) is 0 Å². The van der Waals surface area contributed by atoms with Crippen LogP contribution in [0.1, 0.15) is 20.3 Å². The summed E-state index contributed by atoms with van der Waals surface area (Å²) in [4.78, 5) is 0. The molecule has 1 rings (SSSR count). The first-order valence-corrected chi connectivity index (χ1v) is 8.22. The minimum Gasteiger partial charge on any atom is -0.389 e. The zero-order valence-corrected chi connectivity index (χ0v) is 12.0. The van der Waals surface area contributed by atoms with Crippen LogP contribution < -0.4 is 5.32 Å². The molecule has 0 bridgehead atoms. The Labute approximate surface area is 109 Å². The molecule has 0 aliphatic carbocycles. The molecule has 0 spiro atoms. The largest absolute Gasteiger partial charge is 0.389 e. The second-order valence-electron chi connectivity index (χ2n) is 4.16. The van der Waals surface area contributed by atoms with E-state index in [2.05, 4.69) is 5.32 Å². The number of aliphatic hydroxyl groups is 1. The minimum absolute atomic E-state index is 0.163. The molecule has 7 heteroatoms. The van der Waals surface area contributed by atoms with Gasteiger partial charge < -0.3 is 24.2 Å². The van der Waals surface area contributed by atoms with Gasteiger partial charge in [-0.1, -0.05) is 0 Å². The number of nitrogens with one attached hydrogen (secondary N) is 1. The van der Waals surface area contributed by atoms with Gasteiger partial charge in [0.05, 0.1) is 31.6 Å². The lowest BCUT2D eigenvalue weighted by Crippen LogP contribution is -2.27. The first-order chi connectivity index (χ1) is 8.61. The van der Waals surface area contributed by atoms with Gasteiger partial charge in [0.25, 0.3) is 0 Å². The molecule has 108 valence electrons. The van der Waals surface area contributed by atoms with Crippen LogP contribution in [0.2, 0.25) is 0 Å². The fourth-order valence-corrected chi connectivity index (χ4v) is 3.50. The van der Waals surface area contributed by atoms with E-state index < -0.39 is 13.7 Å². The van der Waals surface area contributed by atoms with Crippen LogP contribution in [0.4, 0.5) is 0 Å². The van der Waals surface area contributed by atoms with Crippen molar-refractivity contribution >= 4 is 7.60 Å². The molecule has 0 amide bonds. The molecule has 1 fully saturated rings. The summed E-state index contributed by atoms with van der Waals surface area (Å²) in [7, 11) is -2.95. The Morgan fingerprint density at radius 3 is 2.44 bits per heavy atom. The lowest BCUT2D eigenvalue weighted by molar-refractivity contribution is -0.00765. The van der Waals surface area contributed by atoms with Crippen molar-refractivity contribution in [3.05, 3.63) is 0 Å². The molecular formula is C11H24NO5P. The van der Waals surface area contributed by atoms with E-state index >= 15 is 0 Å². The monoisotopic (exact) mass is 281 g/mol. The Morgan fingerprint density at radius 1 is 1.28 bits per heavy atom. The Morgan fingerprint density at radius 2 is 1.94 bits per heavy atom. The lowest BCUT2D eigenvalue weighted by Gasteiger charge is -2.18. The molecule has 0 aromatic heterocycles. The van der Waals surface area contributed by atoms with E-state index in [9.17, 15) is 9.67 Å². The summed E-state index contributed by atoms with van der Waals surface area (Å²) < 4.78 is 28.0. The smallest absolute Gasteiger partial charge is 0.330 e. The average Bonchev–Trinajstić information content (AvgIpc) is 2.71. The standard InChI is InChI=1S/C11H24NO5P/c1-3-16-18(14,17-4-2)7-5-6-15-11-9-12-8-10(11)13/h10-13H,3-9H2,1-2H3/t10-,11+/m0/s1. The van der Waals surface area contributed by atoms with Crippen LogP contribution in [-0.2, 0) is 18.3 Å². The van der Waals surface area contributed by atoms with Crippen molar-refractivity contribution in [1.82, 2.24) is 5.32 Å². The fraction of sp³-hybridized carbons (Fsp3) is 1.00. The van der Waals surface area contributed by atoms with Gasteiger partial charge in [0, 0.05) is 19.7 Å². The van der Waals surface area contributed by atoms with E-state index in [1.54, 1.807) is 13.8 Å². The third-order valence-electron chi connectivity index (χ3n) is 2.69. The highest BCUT2D eigenvalue weighted by atomic mass is 31.2. The topological polar surface area (TPSA) is 77.0 Å². The molecule has 0 unspecified atom stereocenters. The average molecular weight is 281 g/mol. The third-order valence-corrected chi connectivity index (χ3v) is 4.86. The molecule has 2 N–H and O–H groups in total. The maximum atomic E-state index is 12.1. The van der Waals surface area contributed by atoms with Gasteiger partial charge in [0.15, 0.2) is 0 Å². The van der Waals surface area contributed by atoms with Crippen molar-refractivity contribution < 1.29 is 23.5 Å². The number of hydrogen-bond donors (Lipinski definition) is 2. The Balaban J connectivity index is 2.20. The summed E-state index contributed by atoms with van der Waals surface area (Å²) in [6.07, 6.45) is 0.338. The first kappa shape index (κ1) is 16.1. The van der Waals surface area contributed by atoms with Gasteiger partial charge in [-0.25, -0.2) is 0 Å². The van der Waals surface area contributed by atoms with Gasteiger partial charge in [-0.2, -0.15) is 0 Å². The van der Waals surface area contributed by atoms with Crippen LogP contribution in [0.15, 0.2) is 0 Å². The van der Waals surface area contributed by atoms with E-state index in [1.165, 1.54) is 0 Å². The molecule has 1 saturated heterocycles. The van der Waals surface area contributed by atoms with Crippen LogP contribution >= 0.6 is 7.60 Å². The van der Waals surface area contributed by atoms with E-state index in [1.807, 2.05) is 0 Å². The normalized spacial score (nSPS) is 24.6. The number of rotatable bonds is 9. The molecule has 18 heavy (non-hydrogen) atoms. The van der Waals surface area contributed by atoms with Gasteiger partial charge in [0.2, 0.25) is 0 Å². The summed E-state index contributed by atoms with van der Waals surface area (Å²) in [6.45, 7) is 6.03. The molecule has 1 aliphatic rings. The van der Waals surface area contributed by atoms with Gasteiger partial charge in [-0.3, -0.25) is 4.57 Å². The zero-order valence-electron chi connectivity index (χ0n) is 11.1. The molecule has 6 nitrogen and oxygen atoms in total. The summed E-state index contributed by atoms with van der Waals surface area (Å²) in [5, 5.41) is 12.6. The maximum Gasteiger partial charge on any atom is 0.330 e. The number of ether oxygens (including phenoxy) is 1. The second kappa shape index (κ2) is 8.25. The van der Waals surface area contributed by atoms with Crippen molar-refractivity contribution in [2.24, 2.45) is 0 Å². The van der Waals surface area contributed by atoms with Gasteiger partial charge in [-0.05, 0) is 20.3 Å². The van der Waals surface area contributed by atoms with E-state index in [0.29, 0.717) is 45.5 Å². The summed E-state index contributed by atoms with van der Waals surface area (Å²) in [5.74, 6) is 0. The van der Waals surface area contributed by atoms with E-state index in [-0.39, 0.29) is 6.10 Å². The summed E-state index contributed by atoms with van der Waals surface area (Å²) >= 11 is 0. The van der Waals surface area contributed by atoms with Crippen LogP contribution in [-0.4, -0.2) is 56.4 Å². The minimum atomic E-state index is -2.95. The Bertz CT molecular complexity index is 266. The lowest BCUT2D eigenvalue weighted by atomic mass is 10.2. The molecule has 0 aromatic carbocycles. The second-order valence-corrected chi connectivity index (χ2v) is 6.34. The SMILES string of the molecule is CCOP(=O)(CCCO[C@@H]1CNC[C@@H]1O)OCC. The molecule has 2 atom stereocenters. The Hall–Kier alpha value is 0.0300. The number of hydrogen-bond acceptors (Lipinski definition) is 6. The van der Waals surface area contributed by atoms with Crippen LogP contribution in [0, 0.1) is 0 Å². The molecule has 0 saturated carbocycles. The first-order valence-electron chi connectivity index (χ1n) is 6.50. The Kier molecular flexibility index (Phi) is 7.37. The van der Waals surface area contributed by atoms with Crippen LogP contribution in [0.25, 0.3) is 0 Å². The van der Waals surface area contributed by atoms with Crippen molar-refractivity contribution in [2.45, 2.75) is 32.5 Å². The predicted octanol–water partition coefficient (Wildman–Crippen LogP) is 0.992. The summed E-state index contributed by atoms with van der Waals surface area (Å²) in [6, 6.07) is 0. The fourth-order valence-electron chi connectivity index (χ4n) is 1.86. The van der Waals surface area contributed by atoms with E-state index in [0.717, 1.165) is 0 Å². The summed E-state index contributed by atoms with van der Waals surface area (Å²) in [5.41, 5.74) is 0. The number of β-amino-alcohol motifs (C(OH)–C–C–N with tert-alkyl or cyclic N) is 1. The highest BCUT2D eigenvalue weighted by molar-refractivity contribution is 7.53.